The maximum atomic E-state index is 13.3. The molecule has 0 bridgehead atoms. The van der Waals surface area contributed by atoms with Crippen LogP contribution in [0.25, 0.3) is 0 Å². The normalized spacial score (nSPS) is 13.8. The van der Waals surface area contributed by atoms with Crippen LogP contribution < -0.4 is 14.9 Å². The third kappa shape index (κ3) is 6.01. The van der Waals surface area contributed by atoms with Gasteiger partial charge in [0.05, 0.1) is 4.90 Å². The van der Waals surface area contributed by atoms with Crippen molar-refractivity contribution in [3.8, 4) is 0 Å². The highest BCUT2D eigenvalue weighted by Gasteiger charge is 2.29. The number of aryl methyl sites for hydroxylation is 1. The fourth-order valence-electron chi connectivity index (χ4n) is 4.31. The van der Waals surface area contributed by atoms with Gasteiger partial charge >= 0.3 is 0 Å². The predicted molar refractivity (Wildman–Crippen MR) is 140 cm³/mol. The SMILES string of the molecule is CCC(=O)N1CCc2cc(S(=O)(=O)N[C@@H](Cc3ccccc3)C(=O)NCc3ccc(C)cc3)ccc21. The van der Waals surface area contributed by atoms with E-state index in [9.17, 15) is 18.0 Å². The van der Waals surface area contributed by atoms with E-state index in [2.05, 4.69) is 10.0 Å². The fraction of sp³-hybridized carbons (Fsp3) is 0.286. The van der Waals surface area contributed by atoms with Crippen LogP contribution in [0.3, 0.4) is 0 Å². The minimum absolute atomic E-state index is 0.00987. The van der Waals surface area contributed by atoms with Crippen molar-refractivity contribution >= 4 is 27.5 Å². The topological polar surface area (TPSA) is 95.6 Å². The molecule has 0 aromatic heterocycles. The average molecular weight is 506 g/mol. The molecule has 188 valence electrons. The number of carbonyl (C=O) groups is 2. The molecule has 1 aliphatic rings. The lowest BCUT2D eigenvalue weighted by Gasteiger charge is -2.20. The molecule has 3 aromatic rings. The van der Waals surface area contributed by atoms with E-state index in [-0.39, 0.29) is 17.2 Å². The van der Waals surface area contributed by atoms with Crippen LogP contribution in [0.15, 0.2) is 77.7 Å². The largest absolute Gasteiger partial charge is 0.351 e. The van der Waals surface area contributed by atoms with Crippen LogP contribution in [-0.2, 0) is 39.0 Å². The van der Waals surface area contributed by atoms with Gasteiger partial charge in [-0.25, -0.2) is 8.42 Å². The first-order valence-electron chi connectivity index (χ1n) is 12.1. The van der Waals surface area contributed by atoms with Crippen LogP contribution in [0.4, 0.5) is 5.69 Å². The second-order valence-electron chi connectivity index (χ2n) is 9.01. The van der Waals surface area contributed by atoms with Gasteiger partial charge in [0.25, 0.3) is 0 Å². The van der Waals surface area contributed by atoms with E-state index in [0.717, 1.165) is 27.9 Å². The Morgan fingerprint density at radius 2 is 1.69 bits per heavy atom. The summed E-state index contributed by atoms with van der Waals surface area (Å²) in [6, 6.07) is 20.9. The molecule has 36 heavy (non-hydrogen) atoms. The Morgan fingerprint density at radius 1 is 0.972 bits per heavy atom. The highest BCUT2D eigenvalue weighted by molar-refractivity contribution is 7.89. The standard InChI is InChI=1S/C28H31N3O4S/c1-3-27(32)31-16-15-23-18-24(13-14-26(23)31)36(34,35)30-25(17-21-7-5-4-6-8-21)28(33)29-19-22-11-9-20(2)10-12-22/h4-14,18,25,30H,3,15-17,19H2,1-2H3,(H,29,33)/t25-/m0/s1. The average Bonchev–Trinajstić information content (AvgIpc) is 3.31. The number of nitrogens with zero attached hydrogens (tertiary/aromatic N) is 1. The van der Waals surface area contributed by atoms with Gasteiger partial charge in [0.2, 0.25) is 21.8 Å². The molecule has 0 spiro atoms. The molecule has 0 saturated heterocycles. The Kier molecular flexibility index (Phi) is 7.86. The van der Waals surface area contributed by atoms with E-state index >= 15 is 0 Å². The summed E-state index contributed by atoms with van der Waals surface area (Å²) in [4.78, 5) is 27.1. The highest BCUT2D eigenvalue weighted by Crippen LogP contribution is 2.30. The monoisotopic (exact) mass is 505 g/mol. The molecule has 3 aromatic carbocycles. The van der Waals surface area contributed by atoms with E-state index in [0.29, 0.717) is 25.9 Å². The molecular formula is C28H31N3O4S. The molecule has 0 saturated carbocycles. The maximum absolute atomic E-state index is 13.3. The van der Waals surface area contributed by atoms with Crippen molar-refractivity contribution in [3.63, 3.8) is 0 Å². The highest BCUT2D eigenvalue weighted by atomic mass is 32.2. The number of nitrogens with one attached hydrogen (secondary N) is 2. The second-order valence-corrected chi connectivity index (χ2v) is 10.7. The molecule has 1 aliphatic heterocycles. The van der Waals surface area contributed by atoms with Crippen molar-refractivity contribution in [2.75, 3.05) is 11.4 Å². The molecule has 0 unspecified atom stereocenters. The number of anilines is 1. The van der Waals surface area contributed by atoms with Gasteiger partial charge in [-0.1, -0.05) is 67.1 Å². The van der Waals surface area contributed by atoms with E-state index in [4.69, 9.17) is 0 Å². The summed E-state index contributed by atoms with van der Waals surface area (Å²) in [7, 11) is -3.99. The van der Waals surface area contributed by atoms with Gasteiger partial charge in [-0.05, 0) is 54.7 Å². The summed E-state index contributed by atoms with van der Waals surface area (Å²) < 4.78 is 29.3. The quantitative estimate of drug-likeness (QED) is 0.465. The number of amides is 2. The lowest BCUT2D eigenvalue weighted by Crippen LogP contribution is -2.47. The Balaban J connectivity index is 1.54. The van der Waals surface area contributed by atoms with Crippen molar-refractivity contribution in [1.82, 2.24) is 10.0 Å². The molecule has 0 radical (unpaired) electrons. The summed E-state index contributed by atoms with van der Waals surface area (Å²) in [6.45, 7) is 4.63. The van der Waals surface area contributed by atoms with Gasteiger partial charge in [-0.2, -0.15) is 4.72 Å². The fourth-order valence-corrected chi connectivity index (χ4v) is 5.55. The number of fused-ring (bicyclic) bond motifs is 1. The number of hydrogen-bond donors (Lipinski definition) is 2. The molecule has 2 N–H and O–H groups in total. The molecule has 8 heteroatoms. The van der Waals surface area contributed by atoms with Gasteiger partial charge in [0.1, 0.15) is 6.04 Å². The van der Waals surface area contributed by atoms with Crippen LogP contribution >= 0.6 is 0 Å². The molecule has 0 fully saturated rings. The summed E-state index contributed by atoms with van der Waals surface area (Å²) in [6.07, 6.45) is 1.19. The predicted octanol–water partition coefficient (Wildman–Crippen LogP) is 3.50. The molecule has 7 nitrogen and oxygen atoms in total. The zero-order valence-electron chi connectivity index (χ0n) is 20.5. The Hall–Kier alpha value is -3.49. The minimum Gasteiger partial charge on any atom is -0.351 e. The Labute approximate surface area is 212 Å². The van der Waals surface area contributed by atoms with Gasteiger partial charge in [-0.3, -0.25) is 9.59 Å². The molecule has 0 aliphatic carbocycles. The first-order valence-corrected chi connectivity index (χ1v) is 13.6. The Bertz CT molecular complexity index is 1340. The molecule has 1 atom stereocenters. The summed E-state index contributed by atoms with van der Waals surface area (Å²) in [5, 5.41) is 2.87. The van der Waals surface area contributed by atoms with Crippen LogP contribution in [0, 0.1) is 6.92 Å². The first-order chi connectivity index (χ1) is 17.3. The van der Waals surface area contributed by atoms with E-state index in [1.165, 1.54) is 6.07 Å². The van der Waals surface area contributed by atoms with Crippen molar-refractivity contribution in [2.24, 2.45) is 0 Å². The van der Waals surface area contributed by atoms with Crippen molar-refractivity contribution in [2.45, 2.75) is 50.6 Å². The number of rotatable bonds is 9. The number of benzene rings is 3. The van der Waals surface area contributed by atoms with Crippen LogP contribution in [0.5, 0.6) is 0 Å². The number of hydrogen-bond acceptors (Lipinski definition) is 4. The minimum atomic E-state index is -3.99. The van der Waals surface area contributed by atoms with Gasteiger partial charge in [-0.15, -0.1) is 0 Å². The maximum Gasteiger partial charge on any atom is 0.241 e. The molecular weight excluding hydrogens is 474 g/mol. The van der Waals surface area contributed by atoms with Gasteiger partial charge < -0.3 is 10.2 Å². The third-order valence-electron chi connectivity index (χ3n) is 6.34. The van der Waals surface area contributed by atoms with Crippen molar-refractivity contribution < 1.29 is 18.0 Å². The molecule has 1 heterocycles. The second kappa shape index (κ2) is 11.1. The number of carbonyl (C=O) groups excluding carboxylic acids is 2. The zero-order valence-corrected chi connectivity index (χ0v) is 21.3. The Morgan fingerprint density at radius 3 is 2.39 bits per heavy atom. The van der Waals surface area contributed by atoms with Crippen LogP contribution in [0.1, 0.15) is 35.6 Å². The molecule has 2 amide bonds. The van der Waals surface area contributed by atoms with E-state index in [1.54, 1.807) is 24.0 Å². The first kappa shape index (κ1) is 25.6. The zero-order chi connectivity index (χ0) is 25.7. The summed E-state index contributed by atoms with van der Waals surface area (Å²) >= 11 is 0. The smallest absolute Gasteiger partial charge is 0.241 e. The number of sulfonamides is 1. The van der Waals surface area contributed by atoms with E-state index in [1.807, 2.05) is 61.5 Å². The third-order valence-corrected chi connectivity index (χ3v) is 7.81. The van der Waals surface area contributed by atoms with Crippen LogP contribution in [0.2, 0.25) is 0 Å². The summed E-state index contributed by atoms with van der Waals surface area (Å²) in [5.41, 5.74) is 4.45. The van der Waals surface area contributed by atoms with Crippen LogP contribution in [-0.4, -0.2) is 32.8 Å². The van der Waals surface area contributed by atoms with Crippen molar-refractivity contribution in [1.29, 1.82) is 0 Å². The van der Waals surface area contributed by atoms with Gasteiger partial charge in [0.15, 0.2) is 0 Å². The van der Waals surface area contributed by atoms with Crippen molar-refractivity contribution in [3.05, 3.63) is 95.1 Å². The van der Waals surface area contributed by atoms with E-state index < -0.39 is 22.0 Å². The lowest BCUT2D eigenvalue weighted by molar-refractivity contribution is -0.123. The lowest BCUT2D eigenvalue weighted by atomic mass is 10.1. The van der Waals surface area contributed by atoms with Gasteiger partial charge in [0, 0.05) is 25.2 Å². The molecule has 4 rings (SSSR count). The summed E-state index contributed by atoms with van der Waals surface area (Å²) in [5.74, 6) is -0.389.